The third kappa shape index (κ3) is 1.73. The monoisotopic (exact) mass is 244 g/mol. The standard InChI is InChI=1S/C14H16N2O2/c1-15-12(9-5-3-2-4-6-9)8-16-13(17)10-7-11(10)14(16)18/h2-6,10-12,15H,7-8H2,1H3. The van der Waals surface area contributed by atoms with Gasteiger partial charge in [0.1, 0.15) is 0 Å². The number of rotatable bonds is 4. The van der Waals surface area contributed by atoms with E-state index in [-0.39, 0.29) is 29.7 Å². The molecule has 1 saturated carbocycles. The molecule has 1 saturated heterocycles. The highest BCUT2D eigenvalue weighted by atomic mass is 16.2. The molecule has 0 spiro atoms. The Labute approximate surface area is 106 Å². The summed E-state index contributed by atoms with van der Waals surface area (Å²) in [6.45, 7) is 0.436. The molecule has 2 amide bonds. The van der Waals surface area contributed by atoms with Crippen LogP contribution in [0.3, 0.4) is 0 Å². The summed E-state index contributed by atoms with van der Waals surface area (Å²) in [5, 5.41) is 3.17. The van der Waals surface area contributed by atoms with Gasteiger partial charge in [0.15, 0.2) is 0 Å². The zero-order chi connectivity index (χ0) is 12.7. The van der Waals surface area contributed by atoms with Gasteiger partial charge in [-0.1, -0.05) is 30.3 Å². The van der Waals surface area contributed by atoms with Crippen LogP contribution in [-0.4, -0.2) is 30.3 Å². The predicted molar refractivity (Wildman–Crippen MR) is 66.6 cm³/mol. The molecule has 4 nitrogen and oxygen atoms in total. The summed E-state index contributed by atoms with van der Waals surface area (Å²) in [7, 11) is 1.85. The third-order valence-corrected chi connectivity index (χ3v) is 3.87. The number of amides is 2. The number of imide groups is 1. The van der Waals surface area contributed by atoms with Crippen molar-refractivity contribution < 1.29 is 9.59 Å². The largest absolute Gasteiger partial charge is 0.312 e. The van der Waals surface area contributed by atoms with E-state index in [2.05, 4.69) is 5.32 Å². The van der Waals surface area contributed by atoms with Crippen LogP contribution in [-0.2, 0) is 9.59 Å². The SMILES string of the molecule is CNC(CN1C(=O)C2CC2C1=O)c1ccccc1. The molecule has 0 aromatic heterocycles. The van der Waals surface area contributed by atoms with Crippen LogP contribution in [0.5, 0.6) is 0 Å². The van der Waals surface area contributed by atoms with Gasteiger partial charge in [-0.25, -0.2) is 0 Å². The first-order valence-electron chi connectivity index (χ1n) is 6.30. The average molecular weight is 244 g/mol. The Morgan fingerprint density at radius 2 is 1.83 bits per heavy atom. The fourth-order valence-electron chi connectivity index (χ4n) is 2.66. The normalized spacial score (nSPS) is 27.3. The van der Waals surface area contributed by atoms with Crippen LogP contribution in [0, 0.1) is 11.8 Å². The Hall–Kier alpha value is -1.68. The highest BCUT2D eigenvalue weighted by molar-refractivity contribution is 6.08. The van der Waals surface area contributed by atoms with E-state index in [1.54, 1.807) is 0 Å². The summed E-state index contributed by atoms with van der Waals surface area (Å²) in [6.07, 6.45) is 0.768. The molecule has 18 heavy (non-hydrogen) atoms. The fourth-order valence-corrected chi connectivity index (χ4v) is 2.66. The molecule has 3 atom stereocenters. The van der Waals surface area contributed by atoms with Crippen LogP contribution in [0.25, 0.3) is 0 Å². The number of hydrogen-bond acceptors (Lipinski definition) is 3. The van der Waals surface area contributed by atoms with E-state index >= 15 is 0 Å². The van der Waals surface area contributed by atoms with Crippen molar-refractivity contribution in [1.29, 1.82) is 0 Å². The molecule has 1 aliphatic heterocycles. The van der Waals surface area contributed by atoms with E-state index in [0.717, 1.165) is 12.0 Å². The molecular formula is C14H16N2O2. The maximum Gasteiger partial charge on any atom is 0.233 e. The molecule has 1 aliphatic carbocycles. The van der Waals surface area contributed by atoms with E-state index in [1.807, 2.05) is 37.4 Å². The van der Waals surface area contributed by atoms with Gasteiger partial charge in [-0.15, -0.1) is 0 Å². The van der Waals surface area contributed by atoms with Gasteiger partial charge in [0.2, 0.25) is 11.8 Å². The molecule has 3 unspecified atom stereocenters. The van der Waals surface area contributed by atoms with E-state index < -0.39 is 0 Å². The zero-order valence-corrected chi connectivity index (χ0v) is 10.3. The maximum atomic E-state index is 11.9. The number of fused-ring (bicyclic) bond motifs is 1. The number of nitrogens with one attached hydrogen (secondary N) is 1. The minimum absolute atomic E-state index is 0.00854. The van der Waals surface area contributed by atoms with Gasteiger partial charge in [0.05, 0.1) is 17.9 Å². The second kappa shape index (κ2) is 4.21. The molecule has 4 heteroatoms. The van der Waals surface area contributed by atoms with Gasteiger partial charge in [-0.3, -0.25) is 14.5 Å². The molecule has 0 radical (unpaired) electrons. The zero-order valence-electron chi connectivity index (χ0n) is 10.3. The lowest BCUT2D eigenvalue weighted by molar-refractivity contribution is -0.141. The lowest BCUT2D eigenvalue weighted by atomic mass is 10.1. The highest BCUT2D eigenvalue weighted by Crippen LogP contribution is 2.47. The van der Waals surface area contributed by atoms with E-state index in [9.17, 15) is 9.59 Å². The minimum Gasteiger partial charge on any atom is -0.312 e. The number of likely N-dealkylation sites (N-methyl/N-ethyl adjacent to an activating group) is 1. The number of likely N-dealkylation sites (tertiary alicyclic amines) is 1. The summed E-state index contributed by atoms with van der Waals surface area (Å²) in [6, 6.07) is 9.91. The molecule has 0 bridgehead atoms. The molecule has 94 valence electrons. The number of carbonyl (C=O) groups is 2. The number of carbonyl (C=O) groups excluding carboxylic acids is 2. The third-order valence-electron chi connectivity index (χ3n) is 3.87. The smallest absolute Gasteiger partial charge is 0.233 e. The van der Waals surface area contributed by atoms with Crippen molar-refractivity contribution in [1.82, 2.24) is 10.2 Å². The molecule has 2 aliphatic rings. The van der Waals surface area contributed by atoms with Crippen molar-refractivity contribution in [2.24, 2.45) is 11.8 Å². The Balaban J connectivity index is 1.75. The highest BCUT2D eigenvalue weighted by Gasteiger charge is 2.58. The lowest BCUT2D eigenvalue weighted by Gasteiger charge is -2.23. The number of benzene rings is 1. The Kier molecular flexibility index (Phi) is 2.67. The Bertz CT molecular complexity index is 466. The maximum absolute atomic E-state index is 11.9. The first-order chi connectivity index (χ1) is 8.72. The molecule has 3 rings (SSSR count). The van der Waals surface area contributed by atoms with Gasteiger partial charge in [0.25, 0.3) is 0 Å². The predicted octanol–water partition coefficient (Wildman–Crippen LogP) is 0.952. The first-order valence-corrected chi connectivity index (χ1v) is 6.30. The van der Waals surface area contributed by atoms with Gasteiger partial charge in [0, 0.05) is 6.54 Å². The minimum atomic E-state index is -0.00854. The molecule has 2 fully saturated rings. The number of nitrogens with zero attached hydrogens (tertiary/aromatic N) is 1. The van der Waals surface area contributed by atoms with Crippen molar-refractivity contribution in [2.45, 2.75) is 12.5 Å². The van der Waals surface area contributed by atoms with Crippen LogP contribution in [0.1, 0.15) is 18.0 Å². The summed E-state index contributed by atoms with van der Waals surface area (Å²) < 4.78 is 0. The van der Waals surface area contributed by atoms with Crippen LogP contribution in [0.2, 0.25) is 0 Å². The fraction of sp³-hybridized carbons (Fsp3) is 0.429. The Morgan fingerprint density at radius 3 is 2.39 bits per heavy atom. The summed E-state index contributed by atoms with van der Waals surface area (Å²) in [5.74, 6) is 0.0129. The molecule has 1 heterocycles. The van der Waals surface area contributed by atoms with Crippen LogP contribution >= 0.6 is 0 Å². The molecular weight excluding hydrogens is 228 g/mol. The van der Waals surface area contributed by atoms with Gasteiger partial charge in [-0.05, 0) is 19.0 Å². The lowest BCUT2D eigenvalue weighted by Crippen LogP contribution is -2.39. The van der Waals surface area contributed by atoms with Gasteiger partial charge < -0.3 is 5.32 Å². The van der Waals surface area contributed by atoms with Crippen molar-refractivity contribution in [3.63, 3.8) is 0 Å². The molecule has 1 aromatic rings. The van der Waals surface area contributed by atoms with Crippen molar-refractivity contribution in [2.75, 3.05) is 13.6 Å². The summed E-state index contributed by atoms with van der Waals surface area (Å²) in [5.41, 5.74) is 1.10. The van der Waals surface area contributed by atoms with E-state index in [4.69, 9.17) is 0 Å². The second-order valence-electron chi connectivity index (χ2n) is 4.99. The summed E-state index contributed by atoms with van der Waals surface area (Å²) in [4.78, 5) is 25.3. The number of hydrogen-bond donors (Lipinski definition) is 1. The first kappa shape index (κ1) is 11.4. The van der Waals surface area contributed by atoms with Crippen LogP contribution in [0.15, 0.2) is 30.3 Å². The number of piperidine rings is 1. The molecule has 1 N–H and O–H groups in total. The average Bonchev–Trinajstić information content (AvgIpc) is 3.16. The van der Waals surface area contributed by atoms with Crippen molar-refractivity contribution in [3.05, 3.63) is 35.9 Å². The van der Waals surface area contributed by atoms with Crippen LogP contribution < -0.4 is 5.32 Å². The molecule has 1 aromatic carbocycles. The topological polar surface area (TPSA) is 49.4 Å². The van der Waals surface area contributed by atoms with Gasteiger partial charge >= 0.3 is 0 Å². The van der Waals surface area contributed by atoms with Crippen molar-refractivity contribution in [3.8, 4) is 0 Å². The Morgan fingerprint density at radius 1 is 1.22 bits per heavy atom. The van der Waals surface area contributed by atoms with E-state index in [0.29, 0.717) is 6.54 Å². The van der Waals surface area contributed by atoms with Crippen molar-refractivity contribution >= 4 is 11.8 Å². The quantitative estimate of drug-likeness (QED) is 0.802. The van der Waals surface area contributed by atoms with Gasteiger partial charge in [-0.2, -0.15) is 0 Å². The van der Waals surface area contributed by atoms with Crippen LogP contribution in [0.4, 0.5) is 0 Å². The summed E-state index contributed by atoms with van der Waals surface area (Å²) >= 11 is 0. The second-order valence-corrected chi connectivity index (χ2v) is 4.99. The van der Waals surface area contributed by atoms with E-state index in [1.165, 1.54) is 4.90 Å².